The van der Waals surface area contributed by atoms with Crippen LogP contribution in [0.4, 0.5) is 5.82 Å². The van der Waals surface area contributed by atoms with E-state index < -0.39 is 0 Å². The van der Waals surface area contributed by atoms with E-state index in [4.69, 9.17) is 4.98 Å². The van der Waals surface area contributed by atoms with E-state index in [1.54, 1.807) is 0 Å². The molecule has 0 atom stereocenters. The Morgan fingerprint density at radius 2 is 2.00 bits per heavy atom. The van der Waals surface area contributed by atoms with Gasteiger partial charge in [-0.3, -0.25) is 0 Å². The van der Waals surface area contributed by atoms with Crippen LogP contribution in [-0.4, -0.2) is 16.5 Å². The lowest BCUT2D eigenvalue weighted by atomic mass is 10.1. The molecule has 0 amide bonds. The van der Waals surface area contributed by atoms with Gasteiger partial charge < -0.3 is 5.32 Å². The highest BCUT2D eigenvalue weighted by molar-refractivity contribution is 9.10. The summed E-state index contributed by atoms with van der Waals surface area (Å²) in [5, 5.41) is 3.33. The van der Waals surface area contributed by atoms with Crippen molar-refractivity contribution in [3.63, 3.8) is 0 Å². The largest absolute Gasteiger partial charge is 0.370 e. The van der Waals surface area contributed by atoms with Crippen LogP contribution < -0.4 is 5.32 Å². The van der Waals surface area contributed by atoms with Crippen molar-refractivity contribution in [3.8, 4) is 0 Å². The van der Waals surface area contributed by atoms with Gasteiger partial charge in [-0.25, -0.2) is 9.97 Å². The number of rotatable bonds is 5. The molecule has 1 heterocycles. The number of nitrogens with zero attached hydrogens (tertiary/aromatic N) is 2. The van der Waals surface area contributed by atoms with Gasteiger partial charge in [-0.05, 0) is 38.0 Å². The van der Waals surface area contributed by atoms with Gasteiger partial charge >= 0.3 is 0 Å². The molecule has 0 fully saturated rings. The Balaban J connectivity index is 2.34. The van der Waals surface area contributed by atoms with Gasteiger partial charge in [0.1, 0.15) is 11.6 Å². The van der Waals surface area contributed by atoms with Gasteiger partial charge in [0.05, 0.1) is 0 Å². The van der Waals surface area contributed by atoms with Gasteiger partial charge in [0.15, 0.2) is 0 Å². The maximum Gasteiger partial charge on any atom is 0.135 e. The summed E-state index contributed by atoms with van der Waals surface area (Å²) in [5.41, 5.74) is 3.50. The summed E-state index contributed by atoms with van der Waals surface area (Å²) in [5.74, 6) is 1.84. The van der Waals surface area contributed by atoms with Gasteiger partial charge in [0, 0.05) is 28.7 Å². The highest BCUT2D eigenvalue weighted by Gasteiger charge is 2.09. The van der Waals surface area contributed by atoms with Crippen molar-refractivity contribution < 1.29 is 0 Å². The van der Waals surface area contributed by atoms with Crippen LogP contribution in [0.5, 0.6) is 0 Å². The first kappa shape index (κ1) is 15.0. The molecule has 20 heavy (non-hydrogen) atoms. The molecule has 0 saturated heterocycles. The molecule has 1 aromatic carbocycles. The summed E-state index contributed by atoms with van der Waals surface area (Å²) < 4.78 is 1.09. The molecular weight excluding hydrogens is 314 g/mol. The molecule has 2 rings (SSSR count). The third-order valence-corrected chi connectivity index (χ3v) is 3.72. The molecule has 0 bridgehead atoms. The molecule has 1 N–H and O–H groups in total. The van der Waals surface area contributed by atoms with Crippen LogP contribution in [0.2, 0.25) is 0 Å². The molecule has 1 aromatic heterocycles. The van der Waals surface area contributed by atoms with Crippen molar-refractivity contribution >= 4 is 21.7 Å². The Hall–Kier alpha value is -1.42. The number of hydrogen-bond donors (Lipinski definition) is 1. The summed E-state index contributed by atoms with van der Waals surface area (Å²) in [6.07, 6.45) is 1.68. The molecule has 0 spiro atoms. The Labute approximate surface area is 129 Å². The molecule has 106 valence electrons. The SMILES string of the molecule is CCNc1nc(Cc2cccc(Br)c2)nc(CC)c1C. The second-order valence-electron chi connectivity index (χ2n) is 4.75. The lowest BCUT2D eigenvalue weighted by Crippen LogP contribution is -2.09. The van der Waals surface area contributed by atoms with Crippen molar-refractivity contribution in [3.05, 3.63) is 51.4 Å². The minimum Gasteiger partial charge on any atom is -0.370 e. The lowest BCUT2D eigenvalue weighted by molar-refractivity contribution is 0.886. The number of benzene rings is 1. The second-order valence-corrected chi connectivity index (χ2v) is 5.67. The average molecular weight is 334 g/mol. The topological polar surface area (TPSA) is 37.8 Å². The molecule has 0 radical (unpaired) electrons. The van der Waals surface area contributed by atoms with Gasteiger partial charge in [-0.15, -0.1) is 0 Å². The molecule has 0 aliphatic carbocycles. The van der Waals surface area contributed by atoms with Crippen LogP contribution in [0.1, 0.15) is 36.5 Å². The van der Waals surface area contributed by atoms with Crippen molar-refractivity contribution in [1.29, 1.82) is 0 Å². The van der Waals surface area contributed by atoms with Crippen LogP contribution in [0, 0.1) is 6.92 Å². The van der Waals surface area contributed by atoms with E-state index in [0.29, 0.717) is 0 Å². The molecule has 0 aliphatic rings. The fourth-order valence-corrected chi connectivity index (χ4v) is 2.65. The summed E-state index contributed by atoms with van der Waals surface area (Å²) in [6.45, 7) is 7.17. The third-order valence-electron chi connectivity index (χ3n) is 3.22. The second kappa shape index (κ2) is 6.84. The Morgan fingerprint density at radius 3 is 2.65 bits per heavy atom. The van der Waals surface area contributed by atoms with Crippen molar-refractivity contribution in [2.75, 3.05) is 11.9 Å². The van der Waals surface area contributed by atoms with E-state index in [-0.39, 0.29) is 0 Å². The highest BCUT2D eigenvalue weighted by atomic mass is 79.9. The van der Waals surface area contributed by atoms with Gasteiger partial charge in [-0.2, -0.15) is 0 Å². The van der Waals surface area contributed by atoms with E-state index in [2.05, 4.69) is 59.1 Å². The highest BCUT2D eigenvalue weighted by Crippen LogP contribution is 2.19. The zero-order chi connectivity index (χ0) is 14.5. The first-order valence-electron chi connectivity index (χ1n) is 6.98. The normalized spacial score (nSPS) is 10.6. The van der Waals surface area contributed by atoms with Gasteiger partial charge in [0.25, 0.3) is 0 Å². The molecule has 0 unspecified atom stereocenters. The van der Waals surface area contributed by atoms with Crippen molar-refractivity contribution in [2.24, 2.45) is 0 Å². The first-order valence-corrected chi connectivity index (χ1v) is 7.78. The number of nitrogens with one attached hydrogen (secondary N) is 1. The lowest BCUT2D eigenvalue weighted by Gasteiger charge is -2.12. The minimum atomic E-state index is 0.755. The molecule has 2 aromatic rings. The predicted molar refractivity (Wildman–Crippen MR) is 87.3 cm³/mol. The molecule has 4 heteroatoms. The zero-order valence-corrected chi connectivity index (χ0v) is 13.8. The first-order chi connectivity index (χ1) is 9.63. The van der Waals surface area contributed by atoms with E-state index >= 15 is 0 Å². The van der Waals surface area contributed by atoms with Gasteiger partial charge in [-0.1, -0.05) is 35.0 Å². The maximum atomic E-state index is 4.69. The van der Waals surface area contributed by atoms with Crippen LogP contribution >= 0.6 is 15.9 Å². The summed E-state index contributed by atoms with van der Waals surface area (Å²) in [4.78, 5) is 9.35. The average Bonchev–Trinajstić information content (AvgIpc) is 2.42. The summed E-state index contributed by atoms with van der Waals surface area (Å²) >= 11 is 3.50. The molecule has 3 nitrogen and oxygen atoms in total. The Kier molecular flexibility index (Phi) is 5.12. The van der Waals surface area contributed by atoms with Gasteiger partial charge in [0.2, 0.25) is 0 Å². The maximum absolute atomic E-state index is 4.69. The summed E-state index contributed by atoms with van der Waals surface area (Å²) in [7, 11) is 0. The smallest absolute Gasteiger partial charge is 0.135 e. The van der Waals surface area contributed by atoms with Crippen LogP contribution in [0.3, 0.4) is 0 Å². The van der Waals surface area contributed by atoms with Crippen molar-refractivity contribution in [2.45, 2.75) is 33.6 Å². The number of halogens is 1. The summed E-state index contributed by atoms with van der Waals surface area (Å²) in [6, 6.07) is 8.29. The van der Waals surface area contributed by atoms with Crippen LogP contribution in [0.25, 0.3) is 0 Å². The third kappa shape index (κ3) is 3.57. The molecular formula is C16H20BrN3. The Bertz CT molecular complexity index is 596. The fraction of sp³-hybridized carbons (Fsp3) is 0.375. The van der Waals surface area contributed by atoms with E-state index in [9.17, 15) is 0 Å². The van der Waals surface area contributed by atoms with E-state index in [1.165, 1.54) is 5.56 Å². The number of anilines is 1. The number of hydrogen-bond acceptors (Lipinski definition) is 3. The quantitative estimate of drug-likeness (QED) is 0.893. The standard InChI is InChI=1S/C16H20BrN3/c1-4-14-11(3)16(18-5-2)20-15(19-14)10-12-7-6-8-13(17)9-12/h6-9H,4-5,10H2,1-3H3,(H,18,19,20). The number of aromatic nitrogens is 2. The number of aryl methyl sites for hydroxylation is 1. The fourth-order valence-electron chi connectivity index (χ4n) is 2.21. The van der Waals surface area contributed by atoms with E-state index in [1.807, 2.05) is 12.1 Å². The minimum absolute atomic E-state index is 0.755. The van der Waals surface area contributed by atoms with Crippen molar-refractivity contribution in [1.82, 2.24) is 9.97 Å². The molecule has 0 saturated carbocycles. The predicted octanol–water partition coefficient (Wildman–Crippen LogP) is 4.13. The van der Waals surface area contributed by atoms with E-state index in [0.717, 1.165) is 46.8 Å². The van der Waals surface area contributed by atoms with Crippen LogP contribution in [-0.2, 0) is 12.8 Å². The molecule has 0 aliphatic heterocycles. The Morgan fingerprint density at radius 1 is 1.20 bits per heavy atom. The monoisotopic (exact) mass is 333 g/mol. The zero-order valence-electron chi connectivity index (χ0n) is 12.2. The van der Waals surface area contributed by atoms with Crippen LogP contribution in [0.15, 0.2) is 28.7 Å².